The van der Waals surface area contributed by atoms with Gasteiger partial charge in [0.1, 0.15) is 5.56 Å². The van der Waals surface area contributed by atoms with Crippen molar-refractivity contribution >= 4 is 11.6 Å². The molecule has 0 radical (unpaired) electrons. The lowest BCUT2D eigenvalue weighted by Crippen LogP contribution is -2.24. The first-order chi connectivity index (χ1) is 7.97. The van der Waals surface area contributed by atoms with Gasteiger partial charge < -0.3 is 5.32 Å². The van der Waals surface area contributed by atoms with Gasteiger partial charge in [-0.15, -0.1) is 6.42 Å². The highest BCUT2D eigenvalue weighted by Gasteiger charge is 2.23. The van der Waals surface area contributed by atoms with E-state index >= 15 is 0 Å². The Balaban J connectivity index is 3.22. The second-order valence-electron chi connectivity index (χ2n) is 2.93. The fourth-order valence-electron chi connectivity index (χ4n) is 1.10. The van der Waals surface area contributed by atoms with Crippen molar-refractivity contribution in [1.82, 2.24) is 5.32 Å². The molecule has 1 rings (SSSR count). The Labute approximate surface area is 94.6 Å². The van der Waals surface area contributed by atoms with Crippen molar-refractivity contribution in [2.75, 3.05) is 6.54 Å². The maximum atomic E-state index is 12.9. The average molecular weight is 240 g/mol. The number of rotatable bonds is 3. The van der Waals surface area contributed by atoms with E-state index in [1.807, 2.05) is 0 Å². The topological polar surface area (TPSA) is 72.2 Å². The third kappa shape index (κ3) is 2.75. The molecule has 0 unspecified atom stereocenters. The van der Waals surface area contributed by atoms with Crippen molar-refractivity contribution in [3.05, 3.63) is 39.4 Å². The lowest BCUT2D eigenvalue weighted by molar-refractivity contribution is -0.385. The number of hydrogen-bond donors (Lipinski definition) is 1. The molecule has 0 saturated carbocycles. The minimum Gasteiger partial charge on any atom is -0.341 e. The molecule has 0 aromatic heterocycles. The SMILES string of the molecule is C#CCNC(=O)c1cc(F)c(F)cc1[N+](=O)[O-]. The van der Waals surface area contributed by atoms with Crippen molar-refractivity contribution in [3.63, 3.8) is 0 Å². The molecule has 5 nitrogen and oxygen atoms in total. The molecule has 17 heavy (non-hydrogen) atoms. The third-order valence-electron chi connectivity index (χ3n) is 1.83. The molecule has 88 valence electrons. The number of carbonyl (C=O) groups excluding carboxylic acids is 1. The minimum absolute atomic E-state index is 0.172. The number of terminal acetylenes is 1. The normalized spacial score (nSPS) is 9.47. The van der Waals surface area contributed by atoms with Gasteiger partial charge in [-0.2, -0.15) is 0 Å². The van der Waals surface area contributed by atoms with Crippen LogP contribution in [0.2, 0.25) is 0 Å². The van der Waals surface area contributed by atoms with E-state index in [0.29, 0.717) is 12.1 Å². The summed E-state index contributed by atoms with van der Waals surface area (Å²) in [7, 11) is 0. The van der Waals surface area contributed by atoms with Gasteiger partial charge in [-0.05, 0) is 6.07 Å². The standard InChI is InChI=1S/C10H6F2N2O3/c1-2-3-13-10(15)6-4-7(11)8(12)5-9(6)14(16)17/h1,4-5H,3H2,(H,13,15). The number of nitrogens with one attached hydrogen (secondary N) is 1. The number of benzene rings is 1. The Hall–Kier alpha value is -2.49. The highest BCUT2D eigenvalue weighted by atomic mass is 19.2. The van der Waals surface area contributed by atoms with Crippen LogP contribution in [-0.2, 0) is 0 Å². The minimum atomic E-state index is -1.40. The molecule has 0 spiro atoms. The van der Waals surface area contributed by atoms with E-state index < -0.39 is 33.7 Å². The van der Waals surface area contributed by atoms with Crippen LogP contribution in [0.5, 0.6) is 0 Å². The van der Waals surface area contributed by atoms with Crippen LogP contribution in [0, 0.1) is 34.1 Å². The fraction of sp³-hybridized carbons (Fsp3) is 0.100. The number of amides is 1. The van der Waals surface area contributed by atoms with Gasteiger partial charge in [0.2, 0.25) is 0 Å². The predicted molar refractivity (Wildman–Crippen MR) is 54.2 cm³/mol. The van der Waals surface area contributed by atoms with Gasteiger partial charge in [0.15, 0.2) is 11.6 Å². The summed E-state index contributed by atoms with van der Waals surface area (Å²) in [4.78, 5) is 21.0. The molecule has 0 aliphatic rings. The van der Waals surface area contributed by atoms with E-state index in [2.05, 4.69) is 11.2 Å². The van der Waals surface area contributed by atoms with E-state index in [0.717, 1.165) is 0 Å². The highest BCUT2D eigenvalue weighted by Crippen LogP contribution is 2.22. The Kier molecular flexibility index (Phi) is 3.72. The van der Waals surface area contributed by atoms with E-state index in [9.17, 15) is 23.7 Å². The van der Waals surface area contributed by atoms with Crippen molar-refractivity contribution < 1.29 is 18.5 Å². The zero-order valence-electron chi connectivity index (χ0n) is 8.37. The Morgan fingerprint density at radius 2 is 2.06 bits per heavy atom. The summed E-state index contributed by atoms with van der Waals surface area (Å²) in [6.45, 7) is -0.172. The molecular formula is C10H6F2N2O3. The van der Waals surface area contributed by atoms with E-state index in [4.69, 9.17) is 6.42 Å². The van der Waals surface area contributed by atoms with Crippen LogP contribution in [0.4, 0.5) is 14.5 Å². The first-order valence-electron chi connectivity index (χ1n) is 4.32. The summed E-state index contributed by atoms with van der Waals surface area (Å²) < 4.78 is 25.7. The van der Waals surface area contributed by atoms with Crippen molar-refractivity contribution in [2.45, 2.75) is 0 Å². The number of halogens is 2. The van der Waals surface area contributed by atoms with Gasteiger partial charge in [0, 0.05) is 0 Å². The molecule has 0 aliphatic heterocycles. The van der Waals surface area contributed by atoms with Crippen LogP contribution >= 0.6 is 0 Å². The largest absolute Gasteiger partial charge is 0.341 e. The number of hydrogen-bond acceptors (Lipinski definition) is 3. The van der Waals surface area contributed by atoms with E-state index in [1.54, 1.807) is 0 Å². The van der Waals surface area contributed by atoms with Crippen LogP contribution in [-0.4, -0.2) is 17.4 Å². The van der Waals surface area contributed by atoms with Crippen LogP contribution in [0.3, 0.4) is 0 Å². The maximum absolute atomic E-state index is 12.9. The quantitative estimate of drug-likeness (QED) is 0.490. The lowest BCUT2D eigenvalue weighted by atomic mass is 10.1. The van der Waals surface area contributed by atoms with Gasteiger partial charge in [-0.3, -0.25) is 14.9 Å². The molecule has 0 saturated heterocycles. The van der Waals surface area contributed by atoms with E-state index in [1.165, 1.54) is 0 Å². The second-order valence-corrected chi connectivity index (χ2v) is 2.93. The summed E-state index contributed by atoms with van der Waals surface area (Å²) in [5.41, 5.74) is -1.40. The van der Waals surface area contributed by atoms with Crippen LogP contribution in [0.25, 0.3) is 0 Å². The van der Waals surface area contributed by atoms with Crippen molar-refractivity contribution in [3.8, 4) is 12.3 Å². The van der Waals surface area contributed by atoms with Gasteiger partial charge in [0.25, 0.3) is 11.6 Å². The molecule has 0 fully saturated rings. The lowest BCUT2D eigenvalue weighted by Gasteiger charge is -2.03. The maximum Gasteiger partial charge on any atom is 0.285 e. The molecule has 1 N–H and O–H groups in total. The average Bonchev–Trinajstić information content (AvgIpc) is 2.28. The summed E-state index contributed by atoms with van der Waals surface area (Å²) in [6.07, 6.45) is 4.87. The van der Waals surface area contributed by atoms with Crippen LogP contribution in [0.15, 0.2) is 12.1 Å². The fourth-order valence-corrected chi connectivity index (χ4v) is 1.10. The Morgan fingerprint density at radius 1 is 1.47 bits per heavy atom. The van der Waals surface area contributed by atoms with Gasteiger partial charge in [-0.25, -0.2) is 8.78 Å². The third-order valence-corrected chi connectivity index (χ3v) is 1.83. The summed E-state index contributed by atoms with van der Waals surface area (Å²) in [5.74, 6) is -1.61. The predicted octanol–water partition coefficient (Wildman–Crippen LogP) is 1.24. The van der Waals surface area contributed by atoms with Gasteiger partial charge >= 0.3 is 0 Å². The number of nitrogens with zero attached hydrogens (tertiary/aromatic N) is 1. The number of carbonyl (C=O) groups is 1. The van der Waals surface area contributed by atoms with Crippen molar-refractivity contribution in [1.29, 1.82) is 0 Å². The molecule has 1 aromatic rings. The molecule has 1 amide bonds. The summed E-state index contributed by atoms with van der Waals surface area (Å²) in [5, 5.41) is 12.7. The highest BCUT2D eigenvalue weighted by molar-refractivity contribution is 5.98. The Morgan fingerprint density at radius 3 is 2.59 bits per heavy atom. The van der Waals surface area contributed by atoms with Gasteiger partial charge in [0.05, 0.1) is 17.5 Å². The molecule has 7 heteroatoms. The molecule has 0 atom stereocenters. The molecule has 0 heterocycles. The smallest absolute Gasteiger partial charge is 0.285 e. The molecule has 0 bridgehead atoms. The summed E-state index contributed by atoms with van der Waals surface area (Å²) in [6, 6.07) is 0.805. The number of nitro benzene ring substituents is 1. The van der Waals surface area contributed by atoms with Gasteiger partial charge in [-0.1, -0.05) is 5.92 Å². The molecule has 0 aliphatic carbocycles. The number of nitro groups is 1. The first kappa shape index (κ1) is 12.6. The molecule has 1 aromatic carbocycles. The second kappa shape index (κ2) is 5.03. The Bertz CT molecular complexity index is 523. The van der Waals surface area contributed by atoms with Crippen LogP contribution in [0.1, 0.15) is 10.4 Å². The molecular weight excluding hydrogens is 234 g/mol. The first-order valence-corrected chi connectivity index (χ1v) is 4.32. The van der Waals surface area contributed by atoms with E-state index in [-0.39, 0.29) is 6.54 Å². The zero-order chi connectivity index (χ0) is 13.0. The van der Waals surface area contributed by atoms with Crippen molar-refractivity contribution in [2.24, 2.45) is 0 Å². The summed E-state index contributed by atoms with van der Waals surface area (Å²) >= 11 is 0. The zero-order valence-corrected chi connectivity index (χ0v) is 8.37. The van der Waals surface area contributed by atoms with Crippen LogP contribution < -0.4 is 5.32 Å². The monoisotopic (exact) mass is 240 g/mol.